The number of carboxylic acid groups (broad SMARTS) is 3. The molecule has 0 unspecified atom stereocenters. The van der Waals surface area contributed by atoms with E-state index in [4.69, 9.17) is 16.6 Å². The summed E-state index contributed by atoms with van der Waals surface area (Å²) < 4.78 is 0. The van der Waals surface area contributed by atoms with E-state index < -0.39 is 339 Å². The number of hydrogen-bond donors (Lipinski definition) is 27. The van der Waals surface area contributed by atoms with E-state index in [0.717, 1.165) is 6.92 Å². The Bertz CT molecular complexity index is 4070. The van der Waals surface area contributed by atoms with Crippen LogP contribution in [0.4, 0.5) is 0 Å². The maximum Gasteiger partial charge on any atom is 0.322 e. The van der Waals surface area contributed by atoms with E-state index in [1.165, 1.54) is 39.5 Å². The third-order valence-corrected chi connectivity index (χ3v) is 22.3. The third-order valence-electron chi connectivity index (χ3n) is 22.0. The van der Waals surface area contributed by atoms with Gasteiger partial charge in [-0.05, 0) is 81.0 Å². The Kier molecular flexibility index (Phi) is 53.2. The Morgan fingerprint density at radius 2 is 0.759 bits per heavy atom. The summed E-state index contributed by atoms with van der Waals surface area (Å²) in [5.41, 5.74) is 11.4. The van der Waals surface area contributed by atoms with Crippen molar-refractivity contribution in [3.8, 4) is 0 Å². The van der Waals surface area contributed by atoms with Crippen LogP contribution in [0.25, 0.3) is 0 Å². The van der Waals surface area contributed by atoms with Crippen LogP contribution >= 0.6 is 12.6 Å². The molecule has 0 aromatic heterocycles. The van der Waals surface area contributed by atoms with E-state index in [9.17, 15) is 136 Å². The molecular formula is C82H139N21O29S. The number of likely N-dealkylation sites (tertiary alicyclic amines) is 1. The minimum atomic E-state index is -2.08. The van der Waals surface area contributed by atoms with E-state index in [1.807, 2.05) is 5.32 Å². The Hall–Kier alpha value is -12.0. The summed E-state index contributed by atoms with van der Waals surface area (Å²) in [7, 11) is 0. The predicted molar refractivity (Wildman–Crippen MR) is 475 cm³/mol. The molecule has 50 nitrogen and oxygen atoms in total. The zero-order chi connectivity index (χ0) is 102. The molecule has 1 rings (SSSR count). The van der Waals surface area contributed by atoms with Gasteiger partial charge in [-0.3, -0.25) is 110 Å². The Morgan fingerprint density at radius 1 is 0.376 bits per heavy atom. The number of thiol groups is 1. The summed E-state index contributed by atoms with van der Waals surface area (Å²) in [5, 5.41) is 102. The number of nitrogens with two attached hydrogens (primary N) is 2. The fourth-order valence-corrected chi connectivity index (χ4v) is 13.2. The van der Waals surface area contributed by atoms with Crippen LogP contribution in [0.1, 0.15) is 181 Å². The lowest BCUT2D eigenvalue weighted by molar-refractivity contribution is -0.142. The largest absolute Gasteiger partial charge is 0.481 e. The zero-order valence-electron chi connectivity index (χ0n) is 77.9. The van der Waals surface area contributed by atoms with E-state index in [2.05, 4.69) is 103 Å². The number of carbonyl (C=O) groups excluding carboxylic acids is 20. The number of amides is 20. The number of rotatable bonds is 61. The molecule has 752 valence electrons. The molecule has 28 N–H and O–H groups in total. The fourth-order valence-electron chi connectivity index (χ4n) is 13.0. The molecule has 0 aromatic carbocycles. The van der Waals surface area contributed by atoms with E-state index in [1.54, 1.807) is 69.2 Å². The van der Waals surface area contributed by atoms with Crippen LogP contribution in [0.15, 0.2) is 0 Å². The average Bonchev–Trinajstić information content (AvgIpc) is 0.881. The van der Waals surface area contributed by atoms with Crippen molar-refractivity contribution in [1.82, 2.24) is 101 Å². The van der Waals surface area contributed by atoms with Crippen LogP contribution in [-0.2, 0) is 110 Å². The Balaban J connectivity index is 3.41. The molecule has 0 aromatic rings. The van der Waals surface area contributed by atoms with Gasteiger partial charge >= 0.3 is 17.9 Å². The topological polar surface area (TPSA) is 786 Å². The number of nitrogens with zero attached hydrogens (tertiary/aromatic N) is 1. The normalized spacial score (nSPS) is 16.9. The number of carboxylic acids is 3. The quantitative estimate of drug-likeness (QED) is 0.0251. The van der Waals surface area contributed by atoms with Gasteiger partial charge in [0.15, 0.2) is 0 Å². The van der Waals surface area contributed by atoms with E-state index in [0.29, 0.717) is 12.8 Å². The fraction of sp³-hybridized carbons (Fsp3) is 0.720. The van der Waals surface area contributed by atoms with Crippen molar-refractivity contribution in [2.45, 2.75) is 284 Å². The molecule has 1 saturated heterocycles. The highest BCUT2D eigenvalue weighted by atomic mass is 32.1. The van der Waals surface area contributed by atoms with Crippen molar-refractivity contribution in [1.29, 1.82) is 0 Å². The zero-order valence-corrected chi connectivity index (χ0v) is 78.8. The van der Waals surface area contributed by atoms with Crippen molar-refractivity contribution in [3.05, 3.63) is 0 Å². The summed E-state index contributed by atoms with van der Waals surface area (Å²) >= 11 is 4.20. The number of nitrogens with one attached hydrogen (secondary N) is 18. The van der Waals surface area contributed by atoms with Gasteiger partial charge in [0.05, 0.1) is 57.8 Å². The lowest BCUT2D eigenvalue weighted by atomic mass is 9.94. The van der Waals surface area contributed by atoms with Crippen LogP contribution in [0, 0.1) is 41.4 Å². The lowest BCUT2D eigenvalue weighted by Gasteiger charge is -2.31. The van der Waals surface area contributed by atoms with Crippen molar-refractivity contribution in [3.63, 3.8) is 0 Å². The van der Waals surface area contributed by atoms with Crippen LogP contribution in [0.2, 0.25) is 0 Å². The Morgan fingerprint density at radius 3 is 1.20 bits per heavy atom. The SMILES string of the molecule is CC[C@H](C)[C@H](NC(=O)[C@H](C)NC(=O)[C@@H](N)C(C)C)C(=O)NCC(=O)N[C@H](C(=O)NCC(=O)N[C@@H](CO)C(=O)N[C@@H](CO)C(=O)N[C@@H](CC(N)=O)C(=O)N[C@H](C(=O)N[C@H](C(=O)N[C@H](C(=O)N[C@@H](CCC(=O)O)C(=O)N[C@@H](CC(=O)O)C(=O)N[C@@H](CC(C)C)C(=O)N[C@H](C(=O)N[C@@H](CS)C(=O)NCC(=O)N1CCC[C@H]1C(=O)NCC(=O)O)[C@@H](C)CC)[C@@H](C)CC)C(C)C)[C@@H](C)CC)[C@@H](C)O. The van der Waals surface area contributed by atoms with Gasteiger partial charge in [0, 0.05) is 18.7 Å². The summed E-state index contributed by atoms with van der Waals surface area (Å²) in [6.45, 7) is 19.4. The van der Waals surface area contributed by atoms with Crippen LogP contribution in [0.5, 0.6) is 0 Å². The van der Waals surface area contributed by atoms with Gasteiger partial charge < -0.3 is 143 Å². The lowest BCUT2D eigenvalue weighted by Crippen LogP contribution is -2.63. The molecule has 1 aliphatic heterocycles. The smallest absolute Gasteiger partial charge is 0.322 e. The summed E-state index contributed by atoms with van der Waals surface area (Å²) in [6, 6.07) is -25.4. The first-order valence-corrected chi connectivity index (χ1v) is 44.6. The number of hydrogen-bond acceptors (Lipinski definition) is 28. The molecule has 133 heavy (non-hydrogen) atoms. The second-order valence-corrected chi connectivity index (χ2v) is 34.2. The van der Waals surface area contributed by atoms with Crippen molar-refractivity contribution in [2.75, 3.05) is 51.7 Å². The molecule has 51 heteroatoms. The predicted octanol–water partition coefficient (Wildman–Crippen LogP) is -9.29. The minimum absolute atomic E-state index is 0.114. The minimum Gasteiger partial charge on any atom is -0.481 e. The molecular weight excluding hydrogens is 1780 g/mol. The molecule has 0 saturated carbocycles. The van der Waals surface area contributed by atoms with Crippen LogP contribution < -0.4 is 107 Å². The summed E-state index contributed by atoms with van der Waals surface area (Å²) in [4.78, 5) is 309. The van der Waals surface area contributed by atoms with Crippen molar-refractivity contribution < 1.29 is 141 Å². The summed E-state index contributed by atoms with van der Waals surface area (Å²) in [5.74, 6) is -30.2. The van der Waals surface area contributed by atoms with E-state index >= 15 is 0 Å². The Labute approximate surface area is 775 Å². The highest BCUT2D eigenvalue weighted by molar-refractivity contribution is 7.80. The first-order valence-electron chi connectivity index (χ1n) is 43.9. The molecule has 1 aliphatic rings. The molecule has 1 heterocycles. The molecule has 0 radical (unpaired) electrons. The van der Waals surface area contributed by atoms with Gasteiger partial charge in [0.2, 0.25) is 118 Å². The maximum atomic E-state index is 14.6. The van der Waals surface area contributed by atoms with Crippen molar-refractivity contribution >= 4 is 149 Å². The monoisotopic (exact) mass is 1910 g/mol. The highest BCUT2D eigenvalue weighted by Crippen LogP contribution is 2.20. The van der Waals surface area contributed by atoms with Gasteiger partial charge in [-0.2, -0.15) is 12.6 Å². The molecule has 0 spiro atoms. The molecule has 0 aliphatic carbocycles. The number of primary amides is 1. The molecule has 21 atom stereocenters. The molecule has 1 fully saturated rings. The molecule has 20 amide bonds. The van der Waals surface area contributed by atoms with Crippen molar-refractivity contribution in [2.24, 2.45) is 52.9 Å². The van der Waals surface area contributed by atoms with Gasteiger partial charge in [-0.15, -0.1) is 0 Å². The second kappa shape index (κ2) is 59.5. The highest BCUT2D eigenvalue weighted by Gasteiger charge is 2.43. The second-order valence-electron chi connectivity index (χ2n) is 33.9. The first-order chi connectivity index (χ1) is 62.1. The third kappa shape index (κ3) is 41.4. The first kappa shape index (κ1) is 119. The number of aliphatic carboxylic acids is 3. The van der Waals surface area contributed by atoms with E-state index in [-0.39, 0.29) is 50.3 Å². The van der Waals surface area contributed by atoms with Gasteiger partial charge in [-0.1, -0.05) is 123 Å². The van der Waals surface area contributed by atoms with Gasteiger partial charge in [0.25, 0.3) is 0 Å². The maximum absolute atomic E-state index is 14.6. The summed E-state index contributed by atoms with van der Waals surface area (Å²) in [6.07, 6.45) is -4.12. The van der Waals surface area contributed by atoms with Gasteiger partial charge in [-0.25, -0.2) is 0 Å². The number of carbonyl (C=O) groups is 23. The molecule has 0 bridgehead atoms. The average molecular weight is 1920 g/mol. The van der Waals surface area contributed by atoms with Crippen LogP contribution in [0.3, 0.4) is 0 Å². The standard InChI is InChI=1S/C82H139N21O29S/c1-17-39(11)62(99-67(117)43(15)89-76(126)60(84)37(7)8)77(127)85-30-55(109)97-66(44(16)106)78(128)86-29-54(108)90-49(33-104)73(123)95-50(34-105)74(124)93-47(27-53(83)107)72(122)101-65(42(14)20-4)82(132)98-61(38(9)10)79(129)102-64(41(13)19-3)80(130)91-45(23-24-57(111)112)69(119)94-48(28-58(113)114)70(120)92-46(26-36(5)6)71(121)100-63(40(12)18-2)81(131)96-51(35-133)68(118)87-31-56(110)103-25-21-22-52(103)75(125)88-32-59(115)116/h36-52,60-66,104-106,133H,17-35,84H2,1-16H3,(H2,83,107)(H,85,127)(H,86,128)(H,87,118)(H,88,125)(H,89,126)(H,90,108)(H,91,130)(H,92,120)(H,93,124)(H,94,119)(H,95,123)(H,96,131)(H,97,109)(H,98,132)(H,99,117)(H,100,121)(H,101,122)(H,102,129)(H,111,112)(H,113,114)(H,115,116)/t39-,40-,41-,42-,43-,44+,45-,46-,47-,48-,49-,50-,51-,52-,60-,61-,62-,63-,64-,65-,66-/m0/s1. The number of aliphatic hydroxyl groups is 3. The van der Waals surface area contributed by atoms with Gasteiger partial charge in [0.1, 0.15) is 97.2 Å². The number of aliphatic hydroxyl groups excluding tert-OH is 3. The van der Waals surface area contributed by atoms with Crippen LogP contribution in [-0.4, -0.2) is 326 Å².